The van der Waals surface area contributed by atoms with E-state index in [1.807, 2.05) is 24.3 Å². The van der Waals surface area contributed by atoms with Gasteiger partial charge in [0.15, 0.2) is 5.58 Å². The monoisotopic (exact) mass is 337 g/mol. The largest absolute Gasteiger partial charge is 0.481 e. The lowest BCUT2D eigenvalue weighted by Crippen LogP contribution is -2.29. The molecule has 0 aliphatic carbocycles. The molecule has 7 nitrogen and oxygen atoms in total. The van der Waals surface area contributed by atoms with E-state index in [-0.39, 0.29) is 0 Å². The Labute approximate surface area is 145 Å². The zero-order chi connectivity index (χ0) is 16.8. The van der Waals surface area contributed by atoms with Gasteiger partial charge in [0.2, 0.25) is 11.8 Å². The average Bonchev–Trinajstić information content (AvgIpc) is 3.33. The van der Waals surface area contributed by atoms with Crippen LogP contribution >= 0.6 is 0 Å². The number of ether oxygens (including phenoxy) is 1. The van der Waals surface area contributed by atoms with E-state index >= 15 is 0 Å². The zero-order valence-electron chi connectivity index (χ0n) is 14.0. The standard InChI is InChI=1S/C18H19N5O2/c1-24-16-6-7-19-17(21-16)22-8-12-10-23(11-13(12)9-22)18-20-14-4-2-3-5-15(14)25-18/h2-7,12-13H,8-11H2,1H3. The molecule has 0 radical (unpaired) electrons. The molecule has 3 aromatic rings. The normalized spacial score (nSPS) is 22.6. The Kier molecular flexibility index (Phi) is 3.26. The third kappa shape index (κ3) is 2.47. The Hall–Kier alpha value is -2.83. The first-order valence-electron chi connectivity index (χ1n) is 8.52. The van der Waals surface area contributed by atoms with Crippen LogP contribution in [0.15, 0.2) is 40.9 Å². The third-order valence-corrected chi connectivity index (χ3v) is 5.15. The molecule has 2 aliphatic heterocycles. The molecule has 0 amide bonds. The number of hydrogen-bond donors (Lipinski definition) is 0. The van der Waals surface area contributed by atoms with E-state index in [4.69, 9.17) is 9.15 Å². The first kappa shape index (κ1) is 14.5. The maximum atomic E-state index is 5.92. The van der Waals surface area contributed by atoms with Crippen molar-refractivity contribution in [1.29, 1.82) is 0 Å². The Morgan fingerprint density at radius 2 is 1.76 bits per heavy atom. The van der Waals surface area contributed by atoms with Gasteiger partial charge in [-0.05, 0) is 12.1 Å². The Morgan fingerprint density at radius 1 is 1.00 bits per heavy atom. The number of fused-ring (bicyclic) bond motifs is 2. The average molecular weight is 337 g/mol. The van der Waals surface area contributed by atoms with Crippen molar-refractivity contribution in [3.8, 4) is 5.88 Å². The maximum Gasteiger partial charge on any atom is 0.298 e. The summed E-state index contributed by atoms with van der Waals surface area (Å²) in [7, 11) is 1.63. The Morgan fingerprint density at radius 3 is 2.52 bits per heavy atom. The lowest BCUT2D eigenvalue weighted by molar-refractivity contribution is 0.397. The summed E-state index contributed by atoms with van der Waals surface area (Å²) >= 11 is 0. The van der Waals surface area contributed by atoms with Crippen molar-refractivity contribution in [2.75, 3.05) is 43.1 Å². The van der Waals surface area contributed by atoms with Crippen molar-refractivity contribution < 1.29 is 9.15 Å². The highest BCUT2D eigenvalue weighted by molar-refractivity contribution is 5.74. The SMILES string of the molecule is COc1ccnc(N2CC3CN(c4nc5ccccc5o4)CC3C2)n1. The lowest BCUT2D eigenvalue weighted by Gasteiger charge is -2.20. The quantitative estimate of drug-likeness (QED) is 0.726. The molecule has 2 aromatic heterocycles. The van der Waals surface area contributed by atoms with Gasteiger partial charge in [0, 0.05) is 50.3 Å². The molecule has 0 bridgehead atoms. The molecule has 25 heavy (non-hydrogen) atoms. The van der Waals surface area contributed by atoms with Gasteiger partial charge < -0.3 is 19.0 Å². The third-order valence-electron chi connectivity index (χ3n) is 5.15. The van der Waals surface area contributed by atoms with Crippen LogP contribution in [0.1, 0.15) is 0 Å². The molecular weight excluding hydrogens is 318 g/mol. The van der Waals surface area contributed by atoms with Crippen LogP contribution in [0.3, 0.4) is 0 Å². The van der Waals surface area contributed by atoms with Crippen molar-refractivity contribution in [2.24, 2.45) is 11.8 Å². The summed E-state index contributed by atoms with van der Waals surface area (Å²) in [4.78, 5) is 18.0. The summed E-state index contributed by atoms with van der Waals surface area (Å²) in [5.41, 5.74) is 1.77. The van der Waals surface area contributed by atoms with E-state index < -0.39 is 0 Å². The van der Waals surface area contributed by atoms with Crippen LogP contribution < -0.4 is 14.5 Å². The van der Waals surface area contributed by atoms with E-state index in [0.717, 1.165) is 49.2 Å². The highest BCUT2D eigenvalue weighted by atomic mass is 16.5. The van der Waals surface area contributed by atoms with Crippen LogP contribution in [-0.2, 0) is 0 Å². The topological polar surface area (TPSA) is 67.5 Å². The summed E-state index contributed by atoms with van der Waals surface area (Å²) in [5.74, 6) is 2.51. The van der Waals surface area contributed by atoms with Crippen molar-refractivity contribution in [3.63, 3.8) is 0 Å². The summed E-state index contributed by atoms with van der Waals surface area (Å²) in [6.45, 7) is 3.82. The number of methoxy groups -OCH3 is 1. The van der Waals surface area contributed by atoms with Crippen LogP contribution in [0.2, 0.25) is 0 Å². The number of oxazole rings is 1. The fourth-order valence-electron chi connectivity index (χ4n) is 3.91. The molecule has 2 aliphatic rings. The van der Waals surface area contributed by atoms with Gasteiger partial charge in [-0.25, -0.2) is 4.98 Å². The molecule has 1 aromatic carbocycles. The van der Waals surface area contributed by atoms with Gasteiger partial charge in [0.25, 0.3) is 6.01 Å². The second kappa shape index (κ2) is 5.61. The van der Waals surface area contributed by atoms with Crippen molar-refractivity contribution in [3.05, 3.63) is 36.5 Å². The van der Waals surface area contributed by atoms with E-state index in [9.17, 15) is 0 Å². The number of rotatable bonds is 3. The number of benzene rings is 1. The van der Waals surface area contributed by atoms with E-state index in [1.54, 1.807) is 19.4 Å². The number of aromatic nitrogens is 3. The Bertz CT molecular complexity index is 864. The predicted octanol–water partition coefficient (Wildman–Crippen LogP) is 2.20. The lowest BCUT2D eigenvalue weighted by atomic mass is 10.0. The molecule has 0 saturated carbocycles. The highest BCUT2D eigenvalue weighted by Crippen LogP contribution is 2.36. The maximum absolute atomic E-state index is 5.92. The van der Waals surface area contributed by atoms with Gasteiger partial charge in [-0.15, -0.1) is 0 Å². The smallest absolute Gasteiger partial charge is 0.298 e. The number of para-hydroxylation sites is 2. The van der Waals surface area contributed by atoms with Crippen LogP contribution in [-0.4, -0.2) is 48.2 Å². The molecule has 128 valence electrons. The minimum Gasteiger partial charge on any atom is -0.481 e. The number of nitrogens with zero attached hydrogens (tertiary/aromatic N) is 5. The predicted molar refractivity (Wildman–Crippen MR) is 94.0 cm³/mol. The molecule has 2 unspecified atom stereocenters. The second-order valence-corrected chi connectivity index (χ2v) is 6.69. The van der Waals surface area contributed by atoms with E-state index in [1.165, 1.54) is 0 Å². The summed E-state index contributed by atoms with van der Waals surface area (Å²) in [5, 5.41) is 0. The van der Waals surface area contributed by atoms with E-state index in [2.05, 4.69) is 24.8 Å². The molecule has 2 fully saturated rings. The zero-order valence-corrected chi connectivity index (χ0v) is 14.0. The second-order valence-electron chi connectivity index (χ2n) is 6.69. The Balaban J connectivity index is 1.31. The van der Waals surface area contributed by atoms with E-state index in [0.29, 0.717) is 17.7 Å². The fourth-order valence-corrected chi connectivity index (χ4v) is 3.91. The molecule has 0 spiro atoms. The van der Waals surface area contributed by atoms with Crippen molar-refractivity contribution in [2.45, 2.75) is 0 Å². The van der Waals surface area contributed by atoms with Crippen molar-refractivity contribution in [1.82, 2.24) is 15.0 Å². The molecule has 7 heteroatoms. The van der Waals surface area contributed by atoms with Crippen LogP contribution in [0, 0.1) is 11.8 Å². The van der Waals surface area contributed by atoms with Gasteiger partial charge in [-0.3, -0.25) is 0 Å². The number of anilines is 2. The molecule has 2 saturated heterocycles. The molecule has 0 N–H and O–H groups in total. The van der Waals surface area contributed by atoms with Gasteiger partial charge in [0.1, 0.15) is 5.52 Å². The molecule has 4 heterocycles. The van der Waals surface area contributed by atoms with Gasteiger partial charge >= 0.3 is 0 Å². The van der Waals surface area contributed by atoms with Gasteiger partial charge in [0.05, 0.1) is 7.11 Å². The van der Waals surface area contributed by atoms with Crippen LogP contribution in [0.25, 0.3) is 11.1 Å². The summed E-state index contributed by atoms with van der Waals surface area (Å²) in [6, 6.07) is 10.4. The van der Waals surface area contributed by atoms with Crippen molar-refractivity contribution >= 4 is 23.1 Å². The first-order chi connectivity index (χ1) is 12.3. The fraction of sp³-hybridized carbons (Fsp3) is 0.389. The molecule has 5 rings (SSSR count). The van der Waals surface area contributed by atoms with Crippen LogP contribution in [0.4, 0.5) is 12.0 Å². The summed E-state index contributed by atoms with van der Waals surface area (Å²) in [6.07, 6.45) is 1.75. The van der Waals surface area contributed by atoms with Crippen LogP contribution in [0.5, 0.6) is 5.88 Å². The number of hydrogen-bond acceptors (Lipinski definition) is 7. The highest BCUT2D eigenvalue weighted by Gasteiger charge is 2.42. The molecule has 2 atom stereocenters. The minimum absolute atomic E-state index is 0.574. The van der Waals surface area contributed by atoms with Gasteiger partial charge in [-0.2, -0.15) is 9.97 Å². The first-order valence-corrected chi connectivity index (χ1v) is 8.52. The summed E-state index contributed by atoms with van der Waals surface area (Å²) < 4.78 is 11.1. The van der Waals surface area contributed by atoms with Gasteiger partial charge in [-0.1, -0.05) is 12.1 Å². The minimum atomic E-state index is 0.574. The molecular formula is C18H19N5O2.